The van der Waals surface area contributed by atoms with Crippen molar-refractivity contribution in [2.45, 2.75) is 13.0 Å². The Kier molecular flexibility index (Phi) is 3.39. The first-order valence-electron chi connectivity index (χ1n) is 7.42. The third-order valence-corrected chi connectivity index (χ3v) is 4.34. The van der Waals surface area contributed by atoms with Gasteiger partial charge in [-0.25, -0.2) is 4.68 Å². The van der Waals surface area contributed by atoms with E-state index in [9.17, 15) is 0 Å². The number of aromatic nitrogens is 3. The second-order valence-corrected chi connectivity index (χ2v) is 5.97. The second-order valence-electron chi connectivity index (χ2n) is 5.57. The van der Waals surface area contributed by atoms with Crippen molar-refractivity contribution < 1.29 is 0 Å². The normalized spacial score (nSPS) is 16.4. The molecule has 0 radical (unpaired) electrons. The monoisotopic (exact) mass is 322 g/mol. The smallest absolute Gasteiger partial charge is 0.226 e. The van der Waals surface area contributed by atoms with Crippen LogP contribution in [0.1, 0.15) is 22.7 Å². The highest BCUT2D eigenvalue weighted by atomic mass is 35.5. The first kappa shape index (κ1) is 14.0. The van der Waals surface area contributed by atoms with Crippen LogP contribution in [0, 0.1) is 6.92 Å². The molecule has 0 saturated heterocycles. The lowest BCUT2D eigenvalue weighted by Gasteiger charge is -2.25. The summed E-state index contributed by atoms with van der Waals surface area (Å²) >= 11 is 6.39. The predicted molar refractivity (Wildman–Crippen MR) is 92.4 cm³/mol. The van der Waals surface area contributed by atoms with E-state index in [1.807, 2.05) is 28.9 Å². The summed E-state index contributed by atoms with van der Waals surface area (Å²) in [4.78, 5) is 4.31. The number of aryl methyl sites for hydroxylation is 1. The van der Waals surface area contributed by atoms with Crippen LogP contribution in [0.3, 0.4) is 0 Å². The van der Waals surface area contributed by atoms with E-state index in [2.05, 4.69) is 52.7 Å². The Morgan fingerprint density at radius 3 is 2.65 bits per heavy atom. The van der Waals surface area contributed by atoms with Gasteiger partial charge in [-0.1, -0.05) is 59.6 Å². The van der Waals surface area contributed by atoms with Gasteiger partial charge < -0.3 is 5.32 Å². The Bertz CT molecular complexity index is 880. The molecule has 4 nitrogen and oxygen atoms in total. The SMILES string of the molecule is Cc1ccc(C2=C[C@@H](c3ccccc3Cl)n3ncnc3N2)cc1. The molecule has 1 aliphatic heterocycles. The number of hydrogen-bond donors (Lipinski definition) is 1. The molecule has 0 amide bonds. The maximum Gasteiger partial charge on any atom is 0.226 e. The van der Waals surface area contributed by atoms with Crippen LogP contribution in [-0.2, 0) is 0 Å². The molecule has 2 aromatic carbocycles. The minimum absolute atomic E-state index is 0.0845. The second kappa shape index (κ2) is 5.56. The van der Waals surface area contributed by atoms with Crippen molar-refractivity contribution in [2.75, 3.05) is 5.32 Å². The number of allylic oxidation sites excluding steroid dienone is 1. The topological polar surface area (TPSA) is 42.7 Å². The molecule has 0 aliphatic carbocycles. The lowest BCUT2D eigenvalue weighted by atomic mass is 10.0. The molecular weight excluding hydrogens is 308 g/mol. The van der Waals surface area contributed by atoms with E-state index in [0.717, 1.165) is 21.8 Å². The minimum atomic E-state index is -0.0845. The number of rotatable bonds is 2. The van der Waals surface area contributed by atoms with Crippen molar-refractivity contribution in [1.82, 2.24) is 14.8 Å². The largest absolute Gasteiger partial charge is 0.324 e. The molecule has 1 atom stereocenters. The average molecular weight is 323 g/mol. The number of nitrogens with zero attached hydrogens (tertiary/aromatic N) is 3. The van der Waals surface area contributed by atoms with Gasteiger partial charge in [0.15, 0.2) is 0 Å². The van der Waals surface area contributed by atoms with Crippen molar-refractivity contribution in [1.29, 1.82) is 0 Å². The minimum Gasteiger partial charge on any atom is -0.324 e. The molecule has 1 aromatic heterocycles. The first-order valence-corrected chi connectivity index (χ1v) is 7.80. The van der Waals surface area contributed by atoms with E-state index in [1.54, 1.807) is 6.33 Å². The molecule has 114 valence electrons. The highest BCUT2D eigenvalue weighted by Crippen LogP contribution is 2.34. The van der Waals surface area contributed by atoms with E-state index in [1.165, 1.54) is 5.56 Å². The van der Waals surface area contributed by atoms with Crippen LogP contribution in [0.15, 0.2) is 60.9 Å². The molecule has 4 rings (SSSR count). The van der Waals surface area contributed by atoms with Gasteiger partial charge in [-0.15, -0.1) is 0 Å². The van der Waals surface area contributed by atoms with E-state index in [-0.39, 0.29) is 6.04 Å². The number of benzene rings is 2. The van der Waals surface area contributed by atoms with Gasteiger partial charge in [-0.05, 0) is 30.2 Å². The number of anilines is 1. The van der Waals surface area contributed by atoms with Crippen LogP contribution in [0.25, 0.3) is 5.70 Å². The molecule has 0 spiro atoms. The van der Waals surface area contributed by atoms with Crippen LogP contribution in [0.2, 0.25) is 5.02 Å². The Balaban J connectivity index is 1.83. The summed E-state index contributed by atoms with van der Waals surface area (Å²) in [5.41, 5.74) is 4.36. The van der Waals surface area contributed by atoms with Crippen molar-refractivity contribution >= 4 is 23.2 Å². The Morgan fingerprint density at radius 2 is 1.87 bits per heavy atom. The van der Waals surface area contributed by atoms with Crippen molar-refractivity contribution in [3.8, 4) is 0 Å². The summed E-state index contributed by atoms with van der Waals surface area (Å²) in [6.45, 7) is 2.08. The van der Waals surface area contributed by atoms with Gasteiger partial charge in [0.25, 0.3) is 0 Å². The van der Waals surface area contributed by atoms with Crippen molar-refractivity contribution in [3.63, 3.8) is 0 Å². The molecule has 0 fully saturated rings. The van der Waals surface area contributed by atoms with E-state index in [0.29, 0.717) is 5.95 Å². The maximum atomic E-state index is 6.39. The maximum absolute atomic E-state index is 6.39. The summed E-state index contributed by atoms with van der Waals surface area (Å²) in [7, 11) is 0. The Morgan fingerprint density at radius 1 is 1.09 bits per heavy atom. The summed E-state index contributed by atoms with van der Waals surface area (Å²) in [5.74, 6) is 0.716. The van der Waals surface area contributed by atoms with Gasteiger partial charge in [0.1, 0.15) is 12.4 Å². The summed E-state index contributed by atoms with van der Waals surface area (Å²) in [5, 5.41) is 8.40. The van der Waals surface area contributed by atoms with Gasteiger partial charge in [0, 0.05) is 10.7 Å². The fourth-order valence-corrected chi connectivity index (χ4v) is 3.02. The van der Waals surface area contributed by atoms with Gasteiger partial charge in [0.2, 0.25) is 5.95 Å². The third-order valence-electron chi connectivity index (χ3n) is 3.99. The number of halogens is 1. The average Bonchev–Trinajstić information content (AvgIpc) is 3.04. The Labute approximate surface area is 139 Å². The van der Waals surface area contributed by atoms with Gasteiger partial charge in [0.05, 0.1) is 0 Å². The van der Waals surface area contributed by atoms with Crippen LogP contribution in [0.4, 0.5) is 5.95 Å². The zero-order valence-electron chi connectivity index (χ0n) is 12.6. The van der Waals surface area contributed by atoms with E-state index < -0.39 is 0 Å². The molecule has 2 heterocycles. The lowest BCUT2D eigenvalue weighted by Crippen LogP contribution is -2.20. The number of nitrogens with one attached hydrogen (secondary N) is 1. The molecule has 1 N–H and O–H groups in total. The zero-order chi connectivity index (χ0) is 15.8. The zero-order valence-corrected chi connectivity index (χ0v) is 13.3. The lowest BCUT2D eigenvalue weighted by molar-refractivity contribution is 0.612. The molecular formula is C18H15ClN4. The molecule has 0 unspecified atom stereocenters. The van der Waals surface area contributed by atoms with E-state index >= 15 is 0 Å². The highest BCUT2D eigenvalue weighted by molar-refractivity contribution is 6.31. The van der Waals surface area contributed by atoms with Gasteiger partial charge in [-0.3, -0.25) is 0 Å². The fraction of sp³-hybridized carbons (Fsp3) is 0.111. The highest BCUT2D eigenvalue weighted by Gasteiger charge is 2.24. The molecule has 1 aliphatic rings. The first-order chi connectivity index (χ1) is 11.2. The third kappa shape index (κ3) is 2.51. The van der Waals surface area contributed by atoms with Crippen LogP contribution in [0.5, 0.6) is 0 Å². The predicted octanol–water partition coefficient (Wildman–Crippen LogP) is 4.30. The Hall–Kier alpha value is -2.59. The van der Waals surface area contributed by atoms with Crippen molar-refractivity contribution in [3.05, 3.63) is 82.6 Å². The molecule has 3 aromatic rings. The molecule has 0 saturated carbocycles. The summed E-state index contributed by atoms with van der Waals surface area (Å²) < 4.78 is 1.85. The number of fused-ring (bicyclic) bond motifs is 1. The molecule has 5 heteroatoms. The number of hydrogen-bond acceptors (Lipinski definition) is 3. The van der Waals surface area contributed by atoms with Gasteiger partial charge >= 0.3 is 0 Å². The van der Waals surface area contributed by atoms with Gasteiger partial charge in [-0.2, -0.15) is 10.1 Å². The quantitative estimate of drug-likeness (QED) is 0.765. The van der Waals surface area contributed by atoms with Crippen LogP contribution < -0.4 is 5.32 Å². The van der Waals surface area contributed by atoms with Crippen molar-refractivity contribution in [2.24, 2.45) is 0 Å². The van der Waals surface area contributed by atoms with Crippen LogP contribution in [-0.4, -0.2) is 14.8 Å². The van der Waals surface area contributed by atoms with E-state index in [4.69, 9.17) is 11.6 Å². The van der Waals surface area contributed by atoms with Crippen LogP contribution >= 0.6 is 11.6 Å². The molecule has 0 bridgehead atoms. The fourth-order valence-electron chi connectivity index (χ4n) is 2.77. The summed E-state index contributed by atoms with van der Waals surface area (Å²) in [6.07, 6.45) is 3.69. The summed E-state index contributed by atoms with van der Waals surface area (Å²) in [6, 6.07) is 16.1. The standard InChI is InChI=1S/C18H15ClN4/c1-12-6-8-13(9-7-12)16-10-17(14-4-2-3-5-15(14)19)23-18(22-16)20-11-21-23/h2-11,17H,1H3,(H,20,21,22)/t17-/m0/s1. The molecule has 23 heavy (non-hydrogen) atoms.